The van der Waals surface area contributed by atoms with Gasteiger partial charge in [0.05, 0.1) is 6.04 Å². The van der Waals surface area contributed by atoms with E-state index in [2.05, 4.69) is 15.3 Å². The normalized spacial score (nSPS) is 22.4. The molecule has 0 unspecified atom stereocenters. The molecule has 22 heavy (non-hydrogen) atoms. The van der Waals surface area contributed by atoms with E-state index in [9.17, 15) is 22.8 Å². The van der Waals surface area contributed by atoms with E-state index < -0.39 is 23.7 Å². The average molecular weight is 315 g/mol. The number of halogens is 3. The molecule has 0 spiro atoms. The third-order valence-corrected chi connectivity index (χ3v) is 3.65. The summed E-state index contributed by atoms with van der Waals surface area (Å²) in [5.41, 5.74) is -1.01. The lowest BCUT2D eigenvalue weighted by Gasteiger charge is -2.43. The van der Waals surface area contributed by atoms with E-state index >= 15 is 0 Å². The fraction of sp³-hybridized carbons (Fsp3) is 0.500. The van der Waals surface area contributed by atoms with Crippen molar-refractivity contribution >= 4 is 17.8 Å². The lowest BCUT2D eigenvalue weighted by Crippen LogP contribution is -2.65. The zero-order valence-electron chi connectivity index (χ0n) is 11.3. The standard InChI is InChI=1S/C12H12F3N5O2/c13-12(14,15)8-1-2-16-11(18-8)19-3-4-20-7(6-19)5-17-9(21)10(20)22/h1-2,7H,3-6H2,(H,17,21)/t7-/m1/s1. The van der Waals surface area contributed by atoms with Crippen molar-refractivity contribution < 1.29 is 22.8 Å². The van der Waals surface area contributed by atoms with Gasteiger partial charge in [0.25, 0.3) is 0 Å². The van der Waals surface area contributed by atoms with Gasteiger partial charge in [-0.3, -0.25) is 9.59 Å². The summed E-state index contributed by atoms with van der Waals surface area (Å²) in [4.78, 5) is 33.4. The van der Waals surface area contributed by atoms with Crippen LogP contribution in [0.4, 0.5) is 19.1 Å². The highest BCUT2D eigenvalue weighted by Gasteiger charge is 2.39. The molecule has 2 saturated heterocycles. The molecule has 0 aromatic carbocycles. The topological polar surface area (TPSA) is 78.4 Å². The summed E-state index contributed by atoms with van der Waals surface area (Å²) in [5.74, 6) is -1.29. The second-order valence-corrected chi connectivity index (χ2v) is 5.05. The fourth-order valence-electron chi connectivity index (χ4n) is 2.55. The summed E-state index contributed by atoms with van der Waals surface area (Å²) in [6.45, 7) is 1.06. The average Bonchev–Trinajstić information content (AvgIpc) is 2.50. The minimum Gasteiger partial charge on any atom is -0.346 e. The lowest BCUT2D eigenvalue weighted by molar-refractivity contribution is -0.150. The molecular formula is C12H12F3N5O2. The fourth-order valence-corrected chi connectivity index (χ4v) is 2.55. The number of hydrogen-bond acceptors (Lipinski definition) is 5. The predicted molar refractivity (Wildman–Crippen MR) is 67.8 cm³/mol. The quantitative estimate of drug-likeness (QED) is 0.716. The van der Waals surface area contributed by atoms with Crippen LogP contribution >= 0.6 is 0 Å². The van der Waals surface area contributed by atoms with E-state index in [0.717, 1.165) is 12.3 Å². The van der Waals surface area contributed by atoms with Gasteiger partial charge in [0.15, 0.2) is 0 Å². The van der Waals surface area contributed by atoms with Crippen LogP contribution in [0.5, 0.6) is 0 Å². The van der Waals surface area contributed by atoms with Gasteiger partial charge in [0.1, 0.15) is 5.69 Å². The SMILES string of the molecule is O=C1NC[C@@H]2CN(c3nccc(C(F)(F)F)n3)CCN2C1=O. The third kappa shape index (κ3) is 2.55. The molecule has 2 aliphatic rings. The van der Waals surface area contributed by atoms with Gasteiger partial charge in [-0.2, -0.15) is 13.2 Å². The molecule has 2 aliphatic heterocycles. The minimum absolute atomic E-state index is 0.0289. The number of nitrogens with zero attached hydrogens (tertiary/aromatic N) is 4. The van der Waals surface area contributed by atoms with Gasteiger partial charge >= 0.3 is 18.0 Å². The molecule has 10 heteroatoms. The maximum Gasteiger partial charge on any atom is 0.433 e. The van der Waals surface area contributed by atoms with Crippen molar-refractivity contribution in [3.8, 4) is 0 Å². The van der Waals surface area contributed by atoms with E-state index in [-0.39, 0.29) is 38.2 Å². The van der Waals surface area contributed by atoms with E-state index in [1.165, 1.54) is 4.90 Å². The molecule has 1 N–H and O–H groups in total. The molecule has 1 aromatic rings. The molecule has 1 aromatic heterocycles. The zero-order chi connectivity index (χ0) is 15.9. The highest BCUT2D eigenvalue weighted by molar-refractivity contribution is 6.35. The van der Waals surface area contributed by atoms with Gasteiger partial charge in [0.2, 0.25) is 5.95 Å². The van der Waals surface area contributed by atoms with E-state index in [1.54, 1.807) is 4.90 Å². The number of nitrogens with one attached hydrogen (secondary N) is 1. The van der Waals surface area contributed by atoms with Crippen molar-refractivity contribution in [2.75, 3.05) is 31.1 Å². The van der Waals surface area contributed by atoms with Crippen LogP contribution < -0.4 is 10.2 Å². The first-order valence-corrected chi connectivity index (χ1v) is 6.60. The Labute approximate surface area is 123 Å². The molecular weight excluding hydrogens is 303 g/mol. The van der Waals surface area contributed by atoms with Crippen molar-refractivity contribution in [3.63, 3.8) is 0 Å². The van der Waals surface area contributed by atoms with Crippen LogP contribution in [-0.2, 0) is 15.8 Å². The Morgan fingerprint density at radius 2 is 2.05 bits per heavy atom. The van der Waals surface area contributed by atoms with Gasteiger partial charge in [-0.25, -0.2) is 9.97 Å². The van der Waals surface area contributed by atoms with Crippen LogP contribution in [0.1, 0.15) is 5.69 Å². The molecule has 0 bridgehead atoms. The summed E-state index contributed by atoms with van der Waals surface area (Å²) in [6.07, 6.45) is -3.47. The van der Waals surface area contributed by atoms with Crippen LogP contribution in [0.3, 0.4) is 0 Å². The highest BCUT2D eigenvalue weighted by atomic mass is 19.4. The van der Waals surface area contributed by atoms with Crippen molar-refractivity contribution in [1.82, 2.24) is 20.2 Å². The van der Waals surface area contributed by atoms with E-state index in [0.29, 0.717) is 0 Å². The molecule has 118 valence electrons. The lowest BCUT2D eigenvalue weighted by atomic mass is 10.1. The van der Waals surface area contributed by atoms with Gasteiger partial charge in [-0.1, -0.05) is 0 Å². The van der Waals surface area contributed by atoms with E-state index in [1.807, 2.05) is 0 Å². The molecule has 3 heterocycles. The van der Waals surface area contributed by atoms with Crippen LogP contribution in [0.2, 0.25) is 0 Å². The highest BCUT2D eigenvalue weighted by Crippen LogP contribution is 2.28. The smallest absolute Gasteiger partial charge is 0.346 e. The number of fused-ring (bicyclic) bond motifs is 1. The Morgan fingerprint density at radius 3 is 2.77 bits per heavy atom. The molecule has 0 saturated carbocycles. The summed E-state index contributed by atoms with van der Waals surface area (Å²) >= 11 is 0. The Bertz CT molecular complexity index is 621. The van der Waals surface area contributed by atoms with Crippen molar-refractivity contribution in [2.24, 2.45) is 0 Å². The summed E-state index contributed by atoms with van der Waals surface area (Å²) in [5, 5.41) is 2.46. The number of carbonyl (C=O) groups excluding carboxylic acids is 2. The van der Waals surface area contributed by atoms with Crippen LogP contribution in [0.15, 0.2) is 12.3 Å². The number of amides is 2. The first-order chi connectivity index (χ1) is 10.4. The Morgan fingerprint density at radius 1 is 1.27 bits per heavy atom. The second kappa shape index (κ2) is 5.11. The molecule has 0 radical (unpaired) electrons. The predicted octanol–water partition coefficient (Wildman–Crippen LogP) is -0.358. The van der Waals surface area contributed by atoms with Gasteiger partial charge in [-0.05, 0) is 6.07 Å². The van der Waals surface area contributed by atoms with Crippen molar-refractivity contribution in [1.29, 1.82) is 0 Å². The zero-order valence-corrected chi connectivity index (χ0v) is 11.3. The van der Waals surface area contributed by atoms with Crippen molar-refractivity contribution in [2.45, 2.75) is 12.2 Å². The maximum atomic E-state index is 12.7. The molecule has 3 rings (SSSR count). The number of anilines is 1. The Hall–Kier alpha value is -2.39. The second-order valence-electron chi connectivity index (χ2n) is 5.05. The molecule has 2 fully saturated rings. The molecule has 7 nitrogen and oxygen atoms in total. The van der Waals surface area contributed by atoms with Crippen molar-refractivity contribution in [3.05, 3.63) is 18.0 Å². The first-order valence-electron chi connectivity index (χ1n) is 6.60. The van der Waals surface area contributed by atoms with Crippen LogP contribution in [-0.4, -0.2) is 58.9 Å². The van der Waals surface area contributed by atoms with Gasteiger partial charge in [-0.15, -0.1) is 0 Å². The number of aromatic nitrogens is 2. The first kappa shape index (κ1) is 14.5. The number of hydrogen-bond donors (Lipinski definition) is 1. The maximum absolute atomic E-state index is 12.7. The van der Waals surface area contributed by atoms with Crippen LogP contribution in [0.25, 0.3) is 0 Å². The van der Waals surface area contributed by atoms with Gasteiger partial charge in [0, 0.05) is 32.4 Å². The number of piperazine rings is 2. The Balaban J connectivity index is 1.78. The number of alkyl halides is 3. The summed E-state index contributed by atoms with van der Waals surface area (Å²) in [6, 6.07) is 0.515. The third-order valence-electron chi connectivity index (χ3n) is 3.65. The van der Waals surface area contributed by atoms with Crippen LogP contribution in [0, 0.1) is 0 Å². The minimum atomic E-state index is -4.53. The monoisotopic (exact) mass is 315 g/mol. The largest absolute Gasteiger partial charge is 0.433 e. The molecule has 1 atom stereocenters. The molecule has 2 amide bonds. The Kier molecular flexibility index (Phi) is 3.38. The number of rotatable bonds is 1. The summed E-state index contributed by atoms with van der Waals surface area (Å²) in [7, 11) is 0. The molecule has 0 aliphatic carbocycles. The number of carbonyl (C=O) groups is 2. The van der Waals surface area contributed by atoms with E-state index in [4.69, 9.17) is 0 Å². The summed E-state index contributed by atoms with van der Waals surface area (Å²) < 4.78 is 38.1. The van der Waals surface area contributed by atoms with Gasteiger partial charge < -0.3 is 15.1 Å².